The summed E-state index contributed by atoms with van der Waals surface area (Å²) in [6.07, 6.45) is 6.01. The van der Waals surface area contributed by atoms with Crippen LogP contribution in [0.4, 0.5) is 0 Å². The first-order chi connectivity index (χ1) is 6.90. The number of ether oxygens (including phenoxy) is 1. The highest BCUT2D eigenvalue weighted by Crippen LogP contribution is 2.25. The zero-order valence-corrected chi connectivity index (χ0v) is 7.90. The monoisotopic (exact) mass is 188 g/mol. The summed E-state index contributed by atoms with van der Waals surface area (Å²) >= 11 is 0. The van der Waals surface area contributed by atoms with Gasteiger partial charge in [-0.05, 0) is 29.7 Å². The van der Waals surface area contributed by atoms with Gasteiger partial charge in [-0.15, -0.1) is 0 Å². The van der Waals surface area contributed by atoms with Gasteiger partial charge in [0.25, 0.3) is 0 Å². The Kier molecular flexibility index (Phi) is 2.63. The third-order valence-electron chi connectivity index (χ3n) is 2.32. The van der Waals surface area contributed by atoms with Gasteiger partial charge < -0.3 is 4.74 Å². The number of fused-ring (bicyclic) bond motifs is 1. The summed E-state index contributed by atoms with van der Waals surface area (Å²) < 4.78 is 5.40. The van der Waals surface area contributed by atoms with Crippen LogP contribution in [-0.2, 0) is 17.6 Å². The van der Waals surface area contributed by atoms with E-state index < -0.39 is 0 Å². The van der Waals surface area contributed by atoms with E-state index in [-0.39, 0.29) is 0 Å². The lowest BCUT2D eigenvalue weighted by molar-refractivity contribution is -0.104. The highest BCUT2D eigenvalue weighted by molar-refractivity contribution is 5.64. The highest BCUT2D eigenvalue weighted by atomic mass is 16.5. The SMILES string of the molecule is O=C/C=C/Cc1ccc2c(c1)CCO2. The predicted octanol–water partition coefficient (Wildman–Crippen LogP) is 1.92. The molecule has 0 saturated heterocycles. The predicted molar refractivity (Wildman–Crippen MR) is 54.5 cm³/mol. The Morgan fingerprint density at radius 1 is 1.43 bits per heavy atom. The molecule has 0 bridgehead atoms. The molecule has 1 aromatic carbocycles. The molecule has 14 heavy (non-hydrogen) atoms. The Morgan fingerprint density at radius 3 is 3.21 bits per heavy atom. The van der Waals surface area contributed by atoms with Gasteiger partial charge in [0.15, 0.2) is 0 Å². The average molecular weight is 188 g/mol. The maximum absolute atomic E-state index is 10.1. The van der Waals surface area contributed by atoms with Crippen molar-refractivity contribution < 1.29 is 9.53 Å². The molecular weight excluding hydrogens is 176 g/mol. The van der Waals surface area contributed by atoms with E-state index in [0.29, 0.717) is 0 Å². The molecule has 0 fully saturated rings. The second-order valence-corrected chi connectivity index (χ2v) is 3.31. The molecule has 2 rings (SSSR count). The second kappa shape index (κ2) is 4.09. The lowest BCUT2D eigenvalue weighted by Gasteiger charge is -2.00. The number of allylic oxidation sites excluding steroid dienone is 2. The Bertz CT molecular complexity index is 367. The van der Waals surface area contributed by atoms with Gasteiger partial charge in [-0.1, -0.05) is 18.2 Å². The molecule has 1 heterocycles. The van der Waals surface area contributed by atoms with Gasteiger partial charge in [0.2, 0.25) is 0 Å². The maximum atomic E-state index is 10.1. The van der Waals surface area contributed by atoms with Crippen molar-refractivity contribution in [2.24, 2.45) is 0 Å². The Balaban J connectivity index is 2.12. The number of rotatable bonds is 3. The van der Waals surface area contributed by atoms with E-state index in [9.17, 15) is 4.79 Å². The Morgan fingerprint density at radius 2 is 2.36 bits per heavy atom. The van der Waals surface area contributed by atoms with Crippen LogP contribution in [-0.4, -0.2) is 12.9 Å². The lowest BCUT2D eigenvalue weighted by Crippen LogP contribution is -1.85. The molecule has 0 aromatic heterocycles. The van der Waals surface area contributed by atoms with E-state index >= 15 is 0 Å². The molecule has 0 aliphatic carbocycles. The van der Waals surface area contributed by atoms with Crippen molar-refractivity contribution in [1.29, 1.82) is 0 Å². The molecule has 2 heteroatoms. The standard InChI is InChI=1S/C12H12O2/c13-7-2-1-3-10-4-5-12-11(9-10)6-8-14-12/h1-2,4-5,7,9H,3,6,8H2/b2-1+. The highest BCUT2D eigenvalue weighted by Gasteiger charge is 2.10. The summed E-state index contributed by atoms with van der Waals surface area (Å²) in [5.74, 6) is 1.01. The average Bonchev–Trinajstić information content (AvgIpc) is 2.65. The summed E-state index contributed by atoms with van der Waals surface area (Å²) in [6.45, 7) is 0.795. The molecule has 0 spiro atoms. The fourth-order valence-corrected chi connectivity index (χ4v) is 1.63. The second-order valence-electron chi connectivity index (χ2n) is 3.31. The lowest BCUT2D eigenvalue weighted by atomic mass is 10.1. The quantitative estimate of drug-likeness (QED) is 0.535. The first kappa shape index (κ1) is 9.00. The molecule has 0 radical (unpaired) electrons. The van der Waals surface area contributed by atoms with Crippen molar-refractivity contribution in [3.8, 4) is 5.75 Å². The number of aldehydes is 1. The van der Waals surface area contributed by atoms with Crippen molar-refractivity contribution in [2.75, 3.05) is 6.61 Å². The molecular formula is C12H12O2. The summed E-state index contributed by atoms with van der Waals surface area (Å²) in [7, 11) is 0. The van der Waals surface area contributed by atoms with E-state index in [2.05, 4.69) is 6.07 Å². The van der Waals surface area contributed by atoms with Crippen molar-refractivity contribution in [3.05, 3.63) is 41.5 Å². The Labute approximate surface area is 83.2 Å². The minimum atomic E-state index is 0.795. The normalized spacial score (nSPS) is 14.0. The fourth-order valence-electron chi connectivity index (χ4n) is 1.63. The first-order valence-electron chi connectivity index (χ1n) is 4.75. The maximum Gasteiger partial charge on any atom is 0.142 e. The number of hydrogen-bond donors (Lipinski definition) is 0. The van der Waals surface area contributed by atoms with Crippen LogP contribution >= 0.6 is 0 Å². The molecule has 1 aliphatic heterocycles. The van der Waals surface area contributed by atoms with Gasteiger partial charge in [-0.2, -0.15) is 0 Å². The van der Waals surface area contributed by atoms with E-state index in [1.54, 1.807) is 0 Å². The van der Waals surface area contributed by atoms with Gasteiger partial charge in [0.1, 0.15) is 12.0 Å². The minimum Gasteiger partial charge on any atom is -0.493 e. The molecule has 1 aliphatic rings. The number of carbonyl (C=O) groups is 1. The van der Waals surface area contributed by atoms with Gasteiger partial charge in [-0.25, -0.2) is 0 Å². The molecule has 0 N–H and O–H groups in total. The number of carbonyl (C=O) groups excluding carboxylic acids is 1. The molecule has 0 atom stereocenters. The van der Waals surface area contributed by atoms with Crippen LogP contribution < -0.4 is 4.74 Å². The summed E-state index contributed by atoms with van der Waals surface area (Å²) in [5.41, 5.74) is 2.51. The van der Waals surface area contributed by atoms with Crippen molar-refractivity contribution in [3.63, 3.8) is 0 Å². The number of hydrogen-bond acceptors (Lipinski definition) is 2. The number of benzene rings is 1. The molecule has 0 amide bonds. The van der Waals surface area contributed by atoms with Crippen LogP contribution in [0.25, 0.3) is 0 Å². The zero-order chi connectivity index (χ0) is 9.80. The van der Waals surface area contributed by atoms with Crippen LogP contribution in [0.1, 0.15) is 11.1 Å². The largest absolute Gasteiger partial charge is 0.493 e. The molecule has 1 aromatic rings. The topological polar surface area (TPSA) is 26.3 Å². The van der Waals surface area contributed by atoms with Crippen LogP contribution in [0, 0.1) is 0 Å². The molecule has 2 nitrogen and oxygen atoms in total. The fraction of sp³-hybridized carbons (Fsp3) is 0.250. The van der Waals surface area contributed by atoms with Crippen LogP contribution in [0.2, 0.25) is 0 Å². The van der Waals surface area contributed by atoms with E-state index in [4.69, 9.17) is 4.74 Å². The van der Waals surface area contributed by atoms with Crippen LogP contribution in [0.5, 0.6) is 5.75 Å². The smallest absolute Gasteiger partial charge is 0.142 e. The van der Waals surface area contributed by atoms with E-state index in [1.807, 2.05) is 18.2 Å². The molecule has 72 valence electrons. The minimum absolute atomic E-state index is 0.795. The van der Waals surface area contributed by atoms with Gasteiger partial charge in [0, 0.05) is 6.42 Å². The van der Waals surface area contributed by atoms with Crippen LogP contribution in [0.15, 0.2) is 30.4 Å². The summed E-state index contributed by atoms with van der Waals surface area (Å²) in [6, 6.07) is 6.20. The van der Waals surface area contributed by atoms with Gasteiger partial charge >= 0.3 is 0 Å². The molecule has 0 saturated carbocycles. The Hall–Kier alpha value is -1.57. The van der Waals surface area contributed by atoms with Crippen molar-refractivity contribution in [2.45, 2.75) is 12.8 Å². The third kappa shape index (κ3) is 1.84. The third-order valence-corrected chi connectivity index (χ3v) is 2.32. The van der Waals surface area contributed by atoms with E-state index in [0.717, 1.165) is 31.5 Å². The van der Waals surface area contributed by atoms with Gasteiger partial charge in [0.05, 0.1) is 6.61 Å². The van der Waals surface area contributed by atoms with Crippen molar-refractivity contribution in [1.82, 2.24) is 0 Å². The zero-order valence-electron chi connectivity index (χ0n) is 7.90. The molecule has 0 unspecified atom stereocenters. The van der Waals surface area contributed by atoms with Crippen molar-refractivity contribution >= 4 is 6.29 Å². The van der Waals surface area contributed by atoms with Gasteiger partial charge in [-0.3, -0.25) is 4.79 Å². The summed E-state index contributed by atoms with van der Waals surface area (Å²) in [4.78, 5) is 10.1. The first-order valence-corrected chi connectivity index (χ1v) is 4.75. The summed E-state index contributed by atoms with van der Waals surface area (Å²) in [5, 5.41) is 0. The van der Waals surface area contributed by atoms with Crippen LogP contribution in [0.3, 0.4) is 0 Å². The van der Waals surface area contributed by atoms with E-state index in [1.165, 1.54) is 17.2 Å².